The van der Waals surface area contributed by atoms with Crippen molar-refractivity contribution in [2.45, 2.75) is 19.9 Å². The number of aliphatic imine (C=N–C) groups is 1. The van der Waals surface area contributed by atoms with Crippen molar-refractivity contribution in [3.63, 3.8) is 0 Å². The second-order valence-corrected chi connectivity index (χ2v) is 8.86. The van der Waals surface area contributed by atoms with Crippen molar-refractivity contribution in [2.75, 3.05) is 26.7 Å². The zero-order valence-electron chi connectivity index (χ0n) is 20.0. The molecule has 0 aliphatic carbocycles. The highest BCUT2D eigenvalue weighted by molar-refractivity contribution is 6.04. The summed E-state index contributed by atoms with van der Waals surface area (Å²) in [7, 11) is 1.63. The van der Waals surface area contributed by atoms with Crippen LogP contribution in [0.3, 0.4) is 0 Å². The summed E-state index contributed by atoms with van der Waals surface area (Å²) in [5, 5.41) is 9.19. The fraction of sp³-hybridized carbons (Fsp3) is 0.250. The number of benzene rings is 3. The lowest BCUT2D eigenvalue weighted by Gasteiger charge is -2.41. The van der Waals surface area contributed by atoms with Crippen LogP contribution in [0.1, 0.15) is 34.0 Å². The molecule has 0 unspecified atom stereocenters. The molecule has 0 radical (unpaired) electrons. The summed E-state index contributed by atoms with van der Waals surface area (Å²) in [6.45, 7) is 5.85. The minimum Gasteiger partial charge on any atom is -0.497 e. The fourth-order valence-electron chi connectivity index (χ4n) is 4.57. The van der Waals surface area contributed by atoms with Crippen LogP contribution >= 0.6 is 0 Å². The molecule has 176 valence electrons. The lowest BCUT2D eigenvalue weighted by molar-refractivity contribution is 0.0581. The molecule has 35 heavy (non-hydrogen) atoms. The summed E-state index contributed by atoms with van der Waals surface area (Å²) in [6.07, 6.45) is 0. The Morgan fingerprint density at radius 3 is 2.74 bits per heavy atom. The molecule has 2 aliphatic rings. The van der Waals surface area contributed by atoms with Crippen LogP contribution in [0.5, 0.6) is 17.2 Å². The van der Waals surface area contributed by atoms with Gasteiger partial charge in [0.2, 0.25) is 0 Å². The zero-order chi connectivity index (χ0) is 24.5. The zero-order valence-corrected chi connectivity index (χ0v) is 20.0. The Balaban J connectivity index is 1.46. The van der Waals surface area contributed by atoms with Crippen molar-refractivity contribution < 1.29 is 14.3 Å². The maximum Gasteiger partial charge on any atom is 0.254 e. The molecule has 1 amide bonds. The highest BCUT2D eigenvalue weighted by Crippen LogP contribution is 2.40. The Morgan fingerprint density at radius 2 is 1.97 bits per heavy atom. The number of nitrogens with zero attached hydrogens (tertiary/aromatic N) is 4. The molecule has 1 atom stereocenters. The standard InChI is InChI=1S/C28H26N4O3/c1-18-7-10-24-26(13-18)35-25-15-22(34-3)8-9-23(25)27(30-24)31-11-12-32(19(2)17-31)28(33)21-6-4-5-20(14-21)16-29/h4-10,13-15,19H,11-12,17H2,1-3H3/t19-/m0/s1. The number of fused-ring (bicyclic) bond motifs is 2. The topological polar surface area (TPSA) is 78.2 Å². The largest absolute Gasteiger partial charge is 0.497 e. The van der Waals surface area contributed by atoms with Crippen LogP contribution in [0.4, 0.5) is 5.69 Å². The summed E-state index contributed by atoms with van der Waals surface area (Å²) < 4.78 is 11.7. The summed E-state index contributed by atoms with van der Waals surface area (Å²) >= 11 is 0. The number of carbonyl (C=O) groups excluding carboxylic acids is 1. The van der Waals surface area contributed by atoms with Crippen molar-refractivity contribution in [1.29, 1.82) is 5.26 Å². The van der Waals surface area contributed by atoms with Gasteiger partial charge in [-0.3, -0.25) is 4.79 Å². The van der Waals surface area contributed by atoms with E-state index in [0.29, 0.717) is 48.0 Å². The molecular weight excluding hydrogens is 440 g/mol. The normalized spacial score (nSPS) is 16.7. The molecule has 7 heteroatoms. The number of amides is 1. The van der Waals surface area contributed by atoms with Gasteiger partial charge in [0.05, 0.1) is 24.3 Å². The lowest BCUT2D eigenvalue weighted by Crippen LogP contribution is -2.55. The molecule has 7 nitrogen and oxygen atoms in total. The van der Waals surface area contributed by atoms with Crippen molar-refractivity contribution >= 4 is 17.4 Å². The van der Waals surface area contributed by atoms with E-state index < -0.39 is 0 Å². The van der Waals surface area contributed by atoms with Crippen molar-refractivity contribution in [2.24, 2.45) is 4.99 Å². The van der Waals surface area contributed by atoms with Gasteiger partial charge in [-0.25, -0.2) is 4.99 Å². The summed E-state index contributed by atoms with van der Waals surface area (Å²) in [4.78, 5) is 22.3. The summed E-state index contributed by atoms with van der Waals surface area (Å²) in [5.41, 5.74) is 3.75. The molecule has 0 bridgehead atoms. The van der Waals surface area contributed by atoms with Gasteiger partial charge in [-0.15, -0.1) is 0 Å². The van der Waals surface area contributed by atoms with Crippen LogP contribution in [-0.2, 0) is 0 Å². The van der Waals surface area contributed by atoms with E-state index in [1.54, 1.807) is 31.4 Å². The minimum absolute atomic E-state index is 0.0481. The van der Waals surface area contributed by atoms with E-state index in [4.69, 9.17) is 14.5 Å². The first-order valence-electron chi connectivity index (χ1n) is 11.6. The molecule has 1 fully saturated rings. The Bertz CT molecular complexity index is 1370. The number of rotatable bonds is 2. The third kappa shape index (κ3) is 4.31. The third-order valence-electron chi connectivity index (χ3n) is 6.42. The Kier molecular flexibility index (Phi) is 5.87. The molecule has 0 aromatic heterocycles. The highest BCUT2D eigenvalue weighted by Gasteiger charge is 2.32. The third-order valence-corrected chi connectivity index (χ3v) is 6.42. The van der Waals surface area contributed by atoms with E-state index in [1.165, 1.54) is 0 Å². The summed E-state index contributed by atoms with van der Waals surface area (Å²) in [6, 6.07) is 20.7. The Morgan fingerprint density at radius 1 is 1.11 bits per heavy atom. The van der Waals surface area contributed by atoms with Gasteiger partial charge in [0.25, 0.3) is 5.91 Å². The lowest BCUT2D eigenvalue weighted by atomic mass is 10.1. The van der Waals surface area contributed by atoms with E-state index >= 15 is 0 Å². The molecule has 0 spiro atoms. The van der Waals surface area contributed by atoms with Crippen LogP contribution in [0, 0.1) is 18.3 Å². The number of nitriles is 1. The first-order valence-corrected chi connectivity index (χ1v) is 11.6. The van der Waals surface area contributed by atoms with Crippen molar-refractivity contribution in [1.82, 2.24) is 9.80 Å². The van der Waals surface area contributed by atoms with Gasteiger partial charge in [0.1, 0.15) is 23.0 Å². The number of ether oxygens (including phenoxy) is 2. The predicted molar refractivity (Wildman–Crippen MR) is 134 cm³/mol. The SMILES string of the molecule is COc1ccc2c(c1)Oc1cc(C)ccc1N=C2N1CCN(C(=O)c2cccc(C#N)c2)[C@@H](C)C1. The van der Waals surface area contributed by atoms with Gasteiger partial charge in [0.15, 0.2) is 5.75 Å². The van der Waals surface area contributed by atoms with E-state index in [2.05, 4.69) is 11.0 Å². The molecule has 0 saturated carbocycles. The maximum absolute atomic E-state index is 13.2. The first-order chi connectivity index (χ1) is 17.0. The smallest absolute Gasteiger partial charge is 0.254 e. The van der Waals surface area contributed by atoms with Crippen LogP contribution in [0.2, 0.25) is 0 Å². The summed E-state index contributed by atoms with van der Waals surface area (Å²) in [5.74, 6) is 2.85. The van der Waals surface area contributed by atoms with Gasteiger partial charge in [0, 0.05) is 37.3 Å². The molecule has 0 N–H and O–H groups in total. The van der Waals surface area contributed by atoms with Gasteiger partial charge in [-0.1, -0.05) is 12.1 Å². The predicted octanol–water partition coefficient (Wildman–Crippen LogP) is 4.91. The van der Waals surface area contributed by atoms with Crippen molar-refractivity contribution in [3.05, 3.63) is 82.9 Å². The average molecular weight is 467 g/mol. The molecule has 3 aromatic carbocycles. The number of amidine groups is 1. The number of methoxy groups -OCH3 is 1. The number of carbonyl (C=O) groups is 1. The average Bonchev–Trinajstić information content (AvgIpc) is 3.04. The number of hydrogen-bond acceptors (Lipinski definition) is 6. The molecule has 1 saturated heterocycles. The van der Waals surface area contributed by atoms with Gasteiger partial charge >= 0.3 is 0 Å². The molecule has 5 rings (SSSR count). The van der Waals surface area contributed by atoms with Crippen LogP contribution in [0.25, 0.3) is 0 Å². The fourth-order valence-corrected chi connectivity index (χ4v) is 4.57. The van der Waals surface area contributed by atoms with Gasteiger partial charge in [-0.05, 0) is 61.9 Å². The van der Waals surface area contributed by atoms with Gasteiger partial charge < -0.3 is 19.3 Å². The number of piperazine rings is 1. The van der Waals surface area contributed by atoms with E-state index in [0.717, 1.165) is 22.6 Å². The number of aryl methyl sites for hydroxylation is 1. The monoisotopic (exact) mass is 466 g/mol. The molecule has 2 heterocycles. The molecular formula is C28H26N4O3. The van der Waals surface area contributed by atoms with E-state index in [9.17, 15) is 10.1 Å². The van der Waals surface area contributed by atoms with E-state index in [1.807, 2.05) is 55.1 Å². The van der Waals surface area contributed by atoms with Crippen LogP contribution in [0.15, 0.2) is 65.7 Å². The van der Waals surface area contributed by atoms with Crippen LogP contribution < -0.4 is 9.47 Å². The second-order valence-electron chi connectivity index (χ2n) is 8.86. The van der Waals surface area contributed by atoms with E-state index in [-0.39, 0.29) is 11.9 Å². The quantitative estimate of drug-likeness (QED) is 0.537. The first kappa shape index (κ1) is 22.5. The second kappa shape index (κ2) is 9.15. The maximum atomic E-state index is 13.2. The number of hydrogen-bond donors (Lipinski definition) is 0. The highest BCUT2D eigenvalue weighted by atomic mass is 16.5. The molecule has 3 aromatic rings. The van der Waals surface area contributed by atoms with Crippen LogP contribution in [-0.4, -0.2) is 54.3 Å². The van der Waals surface area contributed by atoms with Gasteiger partial charge in [-0.2, -0.15) is 5.26 Å². The Labute approximate surface area is 204 Å². The van der Waals surface area contributed by atoms with Crippen molar-refractivity contribution in [3.8, 4) is 23.3 Å². The minimum atomic E-state index is -0.0636. The Hall–Kier alpha value is -4.31. The molecule has 2 aliphatic heterocycles.